The molecule has 0 aromatic heterocycles. The fourth-order valence-corrected chi connectivity index (χ4v) is 2.11. The van der Waals surface area contributed by atoms with E-state index < -0.39 is 0 Å². The summed E-state index contributed by atoms with van der Waals surface area (Å²) >= 11 is 0. The van der Waals surface area contributed by atoms with Gasteiger partial charge in [0.25, 0.3) is 0 Å². The van der Waals surface area contributed by atoms with Crippen LogP contribution in [0.3, 0.4) is 0 Å². The van der Waals surface area contributed by atoms with Gasteiger partial charge in [-0.05, 0) is 19.3 Å². The monoisotopic (exact) mass is 187 g/mol. The molecule has 0 aromatic carbocycles. The van der Waals surface area contributed by atoms with Gasteiger partial charge in [0.1, 0.15) is 0 Å². The molecule has 80 valence electrons. The third-order valence-corrected chi connectivity index (χ3v) is 2.44. The van der Waals surface area contributed by atoms with Crippen LogP contribution in [0.1, 0.15) is 59.3 Å². The Bertz CT molecular complexity index is 85.1. The van der Waals surface area contributed by atoms with Crippen molar-refractivity contribution >= 4 is 0 Å². The summed E-state index contributed by atoms with van der Waals surface area (Å²) in [6, 6.07) is 0. The van der Waals surface area contributed by atoms with Crippen molar-refractivity contribution < 1.29 is 4.84 Å². The summed E-state index contributed by atoms with van der Waals surface area (Å²) in [6.07, 6.45) is 7.08. The minimum Gasteiger partial charge on any atom is -0.296 e. The molecule has 0 saturated heterocycles. The zero-order valence-electron chi connectivity index (χ0n) is 9.65. The lowest BCUT2D eigenvalue weighted by Gasteiger charge is -2.32. The highest BCUT2D eigenvalue weighted by atomic mass is 16.7. The quantitative estimate of drug-likeness (QED) is 0.589. The second-order valence-corrected chi connectivity index (χ2v) is 3.74. The van der Waals surface area contributed by atoms with Gasteiger partial charge in [-0.25, -0.2) is 5.48 Å². The van der Waals surface area contributed by atoms with Crippen molar-refractivity contribution in [3.63, 3.8) is 0 Å². The Hall–Kier alpha value is -0.0800. The number of hydroxylamine groups is 1. The van der Waals surface area contributed by atoms with Crippen LogP contribution in [0.5, 0.6) is 0 Å². The second kappa shape index (κ2) is 7.34. The Morgan fingerprint density at radius 3 is 1.54 bits per heavy atom. The van der Waals surface area contributed by atoms with Crippen molar-refractivity contribution in [1.82, 2.24) is 5.48 Å². The molecule has 1 N–H and O–H groups in total. The summed E-state index contributed by atoms with van der Waals surface area (Å²) < 4.78 is 0. The third-order valence-electron chi connectivity index (χ3n) is 2.44. The first-order valence-corrected chi connectivity index (χ1v) is 5.59. The highest BCUT2D eigenvalue weighted by molar-refractivity contribution is 4.78. The lowest BCUT2D eigenvalue weighted by molar-refractivity contribution is -0.113. The molecular formula is C11H25NO. The molecule has 0 aliphatic rings. The Morgan fingerprint density at radius 2 is 1.31 bits per heavy atom. The van der Waals surface area contributed by atoms with E-state index >= 15 is 0 Å². The average Bonchev–Trinajstić information content (AvgIpc) is 2.06. The number of rotatable bonds is 8. The van der Waals surface area contributed by atoms with Crippen LogP contribution >= 0.6 is 0 Å². The van der Waals surface area contributed by atoms with E-state index in [-0.39, 0.29) is 5.60 Å². The Morgan fingerprint density at radius 1 is 0.923 bits per heavy atom. The SMILES string of the molecule is CCCC(CCC)(CCC)ONC. The van der Waals surface area contributed by atoms with Gasteiger partial charge in [-0.2, -0.15) is 0 Å². The van der Waals surface area contributed by atoms with Crippen LogP contribution in [0.2, 0.25) is 0 Å². The van der Waals surface area contributed by atoms with Crippen molar-refractivity contribution in [2.45, 2.75) is 64.9 Å². The number of hydrogen-bond acceptors (Lipinski definition) is 2. The average molecular weight is 187 g/mol. The van der Waals surface area contributed by atoms with Crippen LogP contribution in [0.4, 0.5) is 0 Å². The van der Waals surface area contributed by atoms with Crippen LogP contribution in [-0.2, 0) is 4.84 Å². The van der Waals surface area contributed by atoms with Gasteiger partial charge in [0.05, 0.1) is 5.60 Å². The molecule has 0 amide bonds. The highest BCUT2D eigenvalue weighted by Crippen LogP contribution is 2.28. The molecule has 0 saturated carbocycles. The molecule has 2 nitrogen and oxygen atoms in total. The molecule has 0 bridgehead atoms. The van der Waals surface area contributed by atoms with E-state index in [9.17, 15) is 0 Å². The molecule has 0 aliphatic heterocycles. The van der Waals surface area contributed by atoms with Crippen LogP contribution in [-0.4, -0.2) is 12.6 Å². The van der Waals surface area contributed by atoms with E-state index in [1.54, 1.807) is 0 Å². The van der Waals surface area contributed by atoms with Gasteiger partial charge >= 0.3 is 0 Å². The summed E-state index contributed by atoms with van der Waals surface area (Å²) in [5.41, 5.74) is 2.95. The summed E-state index contributed by atoms with van der Waals surface area (Å²) in [4.78, 5) is 5.70. The first-order chi connectivity index (χ1) is 6.24. The Kier molecular flexibility index (Phi) is 7.29. The fourth-order valence-electron chi connectivity index (χ4n) is 2.11. The first kappa shape index (κ1) is 12.9. The summed E-state index contributed by atoms with van der Waals surface area (Å²) in [6.45, 7) is 6.66. The van der Waals surface area contributed by atoms with Crippen LogP contribution < -0.4 is 5.48 Å². The summed E-state index contributed by atoms with van der Waals surface area (Å²) in [7, 11) is 1.86. The predicted molar refractivity (Wildman–Crippen MR) is 57.6 cm³/mol. The van der Waals surface area contributed by atoms with Crippen molar-refractivity contribution in [2.24, 2.45) is 0 Å². The third kappa shape index (κ3) is 4.63. The van der Waals surface area contributed by atoms with E-state index in [1.807, 2.05) is 7.05 Å². The zero-order valence-corrected chi connectivity index (χ0v) is 9.65. The normalized spacial score (nSPS) is 12.0. The van der Waals surface area contributed by atoms with Gasteiger partial charge in [-0.1, -0.05) is 40.0 Å². The molecule has 0 spiro atoms. The van der Waals surface area contributed by atoms with Gasteiger partial charge < -0.3 is 0 Å². The van der Waals surface area contributed by atoms with E-state index in [0.29, 0.717) is 0 Å². The van der Waals surface area contributed by atoms with Crippen molar-refractivity contribution in [3.05, 3.63) is 0 Å². The van der Waals surface area contributed by atoms with E-state index in [1.165, 1.54) is 19.3 Å². The molecule has 0 aromatic rings. The molecule has 0 aliphatic carbocycles. The predicted octanol–water partition coefficient (Wildman–Crippen LogP) is 3.28. The van der Waals surface area contributed by atoms with Crippen LogP contribution in [0.15, 0.2) is 0 Å². The summed E-state index contributed by atoms with van der Waals surface area (Å²) in [5, 5.41) is 0. The lowest BCUT2D eigenvalue weighted by atomic mass is 9.88. The molecule has 0 radical (unpaired) electrons. The van der Waals surface area contributed by atoms with E-state index in [4.69, 9.17) is 4.84 Å². The topological polar surface area (TPSA) is 21.3 Å². The maximum atomic E-state index is 5.70. The standard InChI is InChI=1S/C11H25NO/c1-5-8-11(9-6-2,10-7-3)13-12-4/h12H,5-10H2,1-4H3. The minimum atomic E-state index is 0.0903. The maximum Gasteiger partial charge on any atom is 0.0896 e. The molecule has 0 unspecified atom stereocenters. The van der Waals surface area contributed by atoms with Gasteiger partial charge in [0, 0.05) is 7.05 Å². The highest BCUT2D eigenvalue weighted by Gasteiger charge is 2.28. The van der Waals surface area contributed by atoms with Crippen molar-refractivity contribution in [3.8, 4) is 0 Å². The molecule has 13 heavy (non-hydrogen) atoms. The second-order valence-electron chi connectivity index (χ2n) is 3.74. The van der Waals surface area contributed by atoms with Crippen LogP contribution in [0.25, 0.3) is 0 Å². The Balaban J connectivity index is 4.19. The van der Waals surface area contributed by atoms with Gasteiger partial charge in [0.15, 0.2) is 0 Å². The van der Waals surface area contributed by atoms with Crippen molar-refractivity contribution in [2.75, 3.05) is 7.05 Å². The molecular weight excluding hydrogens is 162 g/mol. The zero-order chi connectivity index (χ0) is 10.2. The van der Waals surface area contributed by atoms with Crippen molar-refractivity contribution in [1.29, 1.82) is 0 Å². The lowest BCUT2D eigenvalue weighted by Crippen LogP contribution is -2.36. The van der Waals surface area contributed by atoms with Gasteiger partial charge in [-0.3, -0.25) is 4.84 Å². The smallest absolute Gasteiger partial charge is 0.0896 e. The van der Waals surface area contributed by atoms with Crippen LogP contribution in [0, 0.1) is 0 Å². The molecule has 0 rings (SSSR count). The molecule has 0 atom stereocenters. The van der Waals surface area contributed by atoms with E-state index in [0.717, 1.165) is 19.3 Å². The fraction of sp³-hybridized carbons (Fsp3) is 1.00. The van der Waals surface area contributed by atoms with Gasteiger partial charge in [0.2, 0.25) is 0 Å². The number of hydrogen-bond donors (Lipinski definition) is 1. The molecule has 0 heterocycles. The largest absolute Gasteiger partial charge is 0.296 e. The number of nitrogens with one attached hydrogen (secondary N) is 1. The van der Waals surface area contributed by atoms with E-state index in [2.05, 4.69) is 26.3 Å². The summed E-state index contributed by atoms with van der Waals surface area (Å²) in [5.74, 6) is 0. The minimum absolute atomic E-state index is 0.0903. The molecule has 2 heteroatoms. The maximum absolute atomic E-state index is 5.70. The molecule has 0 fully saturated rings. The van der Waals surface area contributed by atoms with Gasteiger partial charge in [-0.15, -0.1) is 0 Å². The first-order valence-electron chi connectivity index (χ1n) is 5.59. The Labute approximate surface area is 83.0 Å².